The van der Waals surface area contributed by atoms with Crippen LogP contribution in [-0.2, 0) is 13.0 Å². The quantitative estimate of drug-likeness (QED) is 0.419. The van der Waals surface area contributed by atoms with E-state index in [1.54, 1.807) is 6.07 Å². The van der Waals surface area contributed by atoms with Crippen LogP contribution in [0, 0.1) is 5.82 Å². The van der Waals surface area contributed by atoms with Crippen LogP contribution in [0.1, 0.15) is 18.1 Å². The molecule has 2 heterocycles. The monoisotopic (exact) mass is 480 g/mol. The van der Waals surface area contributed by atoms with Crippen LogP contribution in [0.4, 0.5) is 4.39 Å². The summed E-state index contributed by atoms with van der Waals surface area (Å²) in [6, 6.07) is 12.4. The van der Waals surface area contributed by atoms with Crippen LogP contribution in [-0.4, -0.2) is 4.98 Å². The van der Waals surface area contributed by atoms with Crippen molar-refractivity contribution in [2.45, 2.75) is 19.9 Å². The van der Waals surface area contributed by atoms with Crippen molar-refractivity contribution in [2.24, 2.45) is 0 Å². The highest BCUT2D eigenvalue weighted by Crippen LogP contribution is 2.26. The lowest BCUT2D eigenvalue weighted by atomic mass is 10.1. The topological polar surface area (TPSA) is 29.9 Å². The fourth-order valence-electron chi connectivity index (χ4n) is 2.97. The zero-order valence-electron chi connectivity index (χ0n) is 14.9. The van der Waals surface area contributed by atoms with Gasteiger partial charge in [-0.05, 0) is 64.3 Å². The second-order valence-corrected chi connectivity index (χ2v) is 7.65. The van der Waals surface area contributed by atoms with E-state index in [-0.39, 0.29) is 18.2 Å². The molecule has 0 N–H and O–H groups in total. The van der Waals surface area contributed by atoms with Crippen LogP contribution in [0.5, 0.6) is 0 Å². The van der Waals surface area contributed by atoms with Gasteiger partial charge in [0.05, 0.1) is 9.50 Å². The van der Waals surface area contributed by atoms with Crippen molar-refractivity contribution >= 4 is 38.6 Å². The second kappa shape index (κ2) is 8.60. The molecule has 144 valence electrons. The molecule has 0 unspecified atom stereocenters. The van der Waals surface area contributed by atoms with E-state index in [4.69, 9.17) is 16.0 Å². The summed E-state index contributed by atoms with van der Waals surface area (Å²) in [5.74, 6) is 0.208. The van der Waals surface area contributed by atoms with E-state index < -0.39 is 0 Å². The summed E-state index contributed by atoms with van der Waals surface area (Å²) in [7, 11) is 0. The number of rotatable bonds is 4. The molecule has 4 aromatic rings. The van der Waals surface area contributed by atoms with Crippen LogP contribution in [0.15, 0.2) is 63.7 Å². The van der Waals surface area contributed by atoms with Gasteiger partial charge in [-0.3, -0.25) is 0 Å². The third-order valence-electron chi connectivity index (χ3n) is 4.36. The molecule has 2 aromatic carbocycles. The van der Waals surface area contributed by atoms with Crippen LogP contribution in [0.2, 0.25) is 5.02 Å². The summed E-state index contributed by atoms with van der Waals surface area (Å²) < 4.78 is 22.1. The molecule has 4 rings (SSSR count). The van der Waals surface area contributed by atoms with Crippen LogP contribution < -0.4 is 17.0 Å². The third kappa shape index (κ3) is 4.37. The van der Waals surface area contributed by atoms with Crippen LogP contribution in [0.3, 0.4) is 0 Å². The third-order valence-corrected chi connectivity index (χ3v) is 5.15. The predicted molar refractivity (Wildman–Crippen MR) is 107 cm³/mol. The Morgan fingerprint density at radius 2 is 1.96 bits per heavy atom. The van der Waals surface area contributed by atoms with Gasteiger partial charge in [0, 0.05) is 5.56 Å². The lowest BCUT2D eigenvalue weighted by Crippen LogP contribution is -3.00. The van der Waals surface area contributed by atoms with Gasteiger partial charge in [-0.15, -0.1) is 0 Å². The normalized spacial score (nSPS) is 10.9. The van der Waals surface area contributed by atoms with Crippen LogP contribution in [0.25, 0.3) is 22.6 Å². The number of pyridine rings is 1. The molecule has 0 radical (unpaired) electrons. The Labute approximate surface area is 181 Å². The van der Waals surface area contributed by atoms with Gasteiger partial charge in [-0.25, -0.2) is 9.37 Å². The highest BCUT2D eigenvalue weighted by molar-refractivity contribution is 9.10. The number of hydrogen-bond donors (Lipinski definition) is 0. The fraction of sp³-hybridized carbons (Fsp3) is 0.143. The van der Waals surface area contributed by atoms with Gasteiger partial charge < -0.3 is 16.8 Å². The number of aryl methyl sites for hydroxylation is 1. The Hall–Kier alpha value is -1.95. The van der Waals surface area contributed by atoms with Gasteiger partial charge >= 0.3 is 0 Å². The molecule has 28 heavy (non-hydrogen) atoms. The number of fused-ring (bicyclic) bond motifs is 1. The molecular formula is C21H16BrCl2FN2O. The average molecular weight is 482 g/mol. The molecule has 0 aliphatic heterocycles. The average Bonchev–Trinajstić information content (AvgIpc) is 3.07. The molecule has 0 saturated heterocycles. The predicted octanol–water partition coefficient (Wildman–Crippen LogP) is 2.95. The SMILES string of the molecule is CCc1ccc2oc(-c3cc(Br)c[n+](Cc4ccc(F)cc4Cl)c3)nc2c1.[Cl-]. The molecule has 0 saturated carbocycles. The van der Waals surface area contributed by atoms with E-state index in [0.717, 1.165) is 33.1 Å². The van der Waals surface area contributed by atoms with Crippen molar-refractivity contribution < 1.29 is 25.8 Å². The largest absolute Gasteiger partial charge is 1.00 e. The van der Waals surface area contributed by atoms with Crippen LogP contribution >= 0.6 is 27.5 Å². The van der Waals surface area contributed by atoms with Crippen molar-refractivity contribution in [3.63, 3.8) is 0 Å². The van der Waals surface area contributed by atoms with Gasteiger partial charge in [-0.2, -0.15) is 4.57 Å². The Balaban J connectivity index is 0.00000225. The van der Waals surface area contributed by atoms with E-state index in [0.29, 0.717) is 17.5 Å². The Bertz CT molecular complexity index is 1150. The molecule has 0 fully saturated rings. The van der Waals surface area contributed by atoms with Crippen molar-refractivity contribution in [3.05, 3.63) is 81.3 Å². The maximum Gasteiger partial charge on any atom is 0.233 e. The van der Waals surface area contributed by atoms with Crippen molar-refractivity contribution in [3.8, 4) is 11.5 Å². The molecular weight excluding hydrogens is 466 g/mol. The highest BCUT2D eigenvalue weighted by Gasteiger charge is 2.16. The van der Waals surface area contributed by atoms with Gasteiger partial charge in [0.2, 0.25) is 5.89 Å². The number of hydrogen-bond acceptors (Lipinski definition) is 2. The maximum atomic E-state index is 13.3. The molecule has 7 heteroatoms. The Kier molecular flexibility index (Phi) is 6.38. The Morgan fingerprint density at radius 3 is 2.71 bits per heavy atom. The summed E-state index contributed by atoms with van der Waals surface area (Å²) in [5, 5.41) is 0.401. The van der Waals surface area contributed by atoms with Gasteiger partial charge in [0.25, 0.3) is 0 Å². The zero-order chi connectivity index (χ0) is 19.0. The molecule has 0 spiro atoms. The number of aromatic nitrogens is 2. The first-order valence-corrected chi connectivity index (χ1v) is 9.72. The van der Waals surface area contributed by atoms with Crippen molar-refractivity contribution in [1.82, 2.24) is 4.98 Å². The lowest BCUT2D eigenvalue weighted by Gasteiger charge is -2.03. The first-order chi connectivity index (χ1) is 13.0. The molecule has 0 aliphatic rings. The summed E-state index contributed by atoms with van der Waals surface area (Å²) >= 11 is 9.70. The first-order valence-electron chi connectivity index (χ1n) is 8.55. The summed E-state index contributed by atoms with van der Waals surface area (Å²) in [6.07, 6.45) is 4.82. The molecule has 3 nitrogen and oxygen atoms in total. The van der Waals surface area contributed by atoms with Crippen molar-refractivity contribution in [2.75, 3.05) is 0 Å². The summed E-state index contributed by atoms with van der Waals surface area (Å²) in [5.41, 5.74) is 4.50. The lowest BCUT2D eigenvalue weighted by molar-refractivity contribution is -0.688. The van der Waals surface area contributed by atoms with Gasteiger partial charge in [0.1, 0.15) is 16.9 Å². The second-order valence-electron chi connectivity index (χ2n) is 6.33. The molecule has 2 aromatic heterocycles. The molecule has 0 amide bonds. The number of benzene rings is 2. The minimum atomic E-state index is -0.346. The summed E-state index contributed by atoms with van der Waals surface area (Å²) in [4.78, 5) is 4.63. The highest BCUT2D eigenvalue weighted by atomic mass is 79.9. The molecule has 0 bridgehead atoms. The number of oxazole rings is 1. The Morgan fingerprint density at radius 1 is 1.14 bits per heavy atom. The summed E-state index contributed by atoms with van der Waals surface area (Å²) in [6.45, 7) is 2.62. The van der Waals surface area contributed by atoms with E-state index >= 15 is 0 Å². The molecule has 0 aliphatic carbocycles. The smallest absolute Gasteiger partial charge is 0.233 e. The standard InChI is InChI=1S/C21H16BrClFN2O.ClH/c1-2-13-3-6-20-19(7-13)25-21(27-20)15-8-16(22)12-26(11-15)10-14-4-5-17(24)9-18(14)23;/h3-9,11-12H,2,10H2,1H3;1H/q+1;/p-1. The van der Waals surface area contributed by atoms with Gasteiger partial charge in [-0.1, -0.05) is 24.6 Å². The number of nitrogens with zero attached hydrogens (tertiary/aromatic N) is 2. The van der Waals surface area contributed by atoms with Crippen molar-refractivity contribution in [1.29, 1.82) is 0 Å². The first kappa shape index (κ1) is 20.8. The minimum Gasteiger partial charge on any atom is -1.00 e. The van der Waals surface area contributed by atoms with E-state index in [2.05, 4.69) is 33.9 Å². The zero-order valence-corrected chi connectivity index (χ0v) is 18.0. The molecule has 0 atom stereocenters. The van der Waals surface area contributed by atoms with E-state index in [1.807, 2.05) is 35.2 Å². The van der Waals surface area contributed by atoms with Gasteiger partial charge in [0.15, 0.2) is 24.5 Å². The minimum absolute atomic E-state index is 0. The number of halogens is 4. The van der Waals surface area contributed by atoms with E-state index in [1.165, 1.54) is 17.7 Å². The van der Waals surface area contributed by atoms with E-state index in [9.17, 15) is 4.39 Å². The fourth-order valence-corrected chi connectivity index (χ4v) is 3.71. The maximum absolute atomic E-state index is 13.3.